The molecule has 1 aromatic carbocycles. The second-order valence-electron chi connectivity index (χ2n) is 6.62. The Morgan fingerprint density at radius 3 is 2.81 bits per heavy atom. The van der Waals surface area contributed by atoms with Crippen LogP contribution in [0.25, 0.3) is 0 Å². The molecule has 144 valence electrons. The van der Waals surface area contributed by atoms with Crippen LogP contribution in [-0.2, 0) is 13.0 Å². The summed E-state index contributed by atoms with van der Waals surface area (Å²) in [5, 5.41) is 7.55. The Hall–Kier alpha value is -1.77. The van der Waals surface area contributed by atoms with E-state index < -0.39 is 0 Å². The summed E-state index contributed by atoms with van der Waals surface area (Å²) in [5.41, 5.74) is 2.93. The van der Waals surface area contributed by atoms with Gasteiger partial charge in [-0.2, -0.15) is 0 Å². The van der Waals surface area contributed by atoms with Crippen LogP contribution in [0, 0.1) is 0 Å². The molecule has 1 amide bonds. The van der Waals surface area contributed by atoms with E-state index in [1.54, 1.807) is 25.6 Å². The number of likely N-dealkylation sites (N-methyl/N-ethyl adjacent to an activating group) is 1. The number of methoxy groups -OCH3 is 2. The van der Waals surface area contributed by atoms with E-state index in [-0.39, 0.29) is 12.1 Å². The van der Waals surface area contributed by atoms with Crippen LogP contribution in [0.3, 0.4) is 0 Å². The van der Waals surface area contributed by atoms with E-state index in [4.69, 9.17) is 9.47 Å². The third-order valence-electron chi connectivity index (χ3n) is 5.15. The van der Waals surface area contributed by atoms with E-state index in [1.165, 1.54) is 10.4 Å². The molecule has 2 N–H and O–H groups in total. The summed E-state index contributed by atoms with van der Waals surface area (Å²) in [4.78, 5) is 16.6. The smallest absolute Gasteiger partial charge is 0.256 e. The molecular weight excluding hydrogens is 430 g/mol. The summed E-state index contributed by atoms with van der Waals surface area (Å²) in [6, 6.07) is 3.83. The average molecular weight is 452 g/mol. The number of carbonyl (C=O) groups excluding carboxylic acids is 1. The van der Waals surface area contributed by atoms with Crippen molar-refractivity contribution in [3.63, 3.8) is 0 Å². The molecule has 1 aromatic heterocycles. The van der Waals surface area contributed by atoms with Gasteiger partial charge in [0.05, 0.1) is 24.3 Å². The topological polar surface area (TPSA) is 62.8 Å². The van der Waals surface area contributed by atoms with Gasteiger partial charge in [-0.15, -0.1) is 11.3 Å². The van der Waals surface area contributed by atoms with Crippen LogP contribution in [0.2, 0.25) is 0 Å². The molecule has 2 aromatic rings. The summed E-state index contributed by atoms with van der Waals surface area (Å²) in [6.45, 7) is 5.13. The van der Waals surface area contributed by atoms with Crippen LogP contribution < -0.4 is 20.1 Å². The van der Waals surface area contributed by atoms with Crippen molar-refractivity contribution in [2.45, 2.75) is 26.1 Å². The van der Waals surface area contributed by atoms with Gasteiger partial charge in [-0.3, -0.25) is 9.69 Å². The molecule has 0 fully saturated rings. The van der Waals surface area contributed by atoms with Gasteiger partial charge in [0.1, 0.15) is 11.2 Å². The van der Waals surface area contributed by atoms with Gasteiger partial charge in [0.25, 0.3) is 5.91 Å². The van der Waals surface area contributed by atoms with Gasteiger partial charge in [0, 0.05) is 18.0 Å². The number of amides is 1. The summed E-state index contributed by atoms with van der Waals surface area (Å²) < 4.78 is 11.6. The Balaban J connectivity index is 1.68. The van der Waals surface area contributed by atoms with E-state index in [0.29, 0.717) is 11.5 Å². The van der Waals surface area contributed by atoms with Crippen LogP contribution >= 0.6 is 27.3 Å². The molecule has 0 unspecified atom stereocenters. The van der Waals surface area contributed by atoms with Crippen molar-refractivity contribution >= 4 is 38.2 Å². The van der Waals surface area contributed by atoms with Crippen LogP contribution in [0.4, 0.5) is 5.00 Å². The Morgan fingerprint density at radius 1 is 1.30 bits per heavy atom. The lowest BCUT2D eigenvalue weighted by atomic mass is 10.0. The van der Waals surface area contributed by atoms with E-state index in [2.05, 4.69) is 38.4 Å². The molecule has 4 rings (SSSR count). The minimum absolute atomic E-state index is 0.0119. The second-order valence-corrected chi connectivity index (χ2v) is 8.58. The molecule has 0 radical (unpaired) electrons. The molecule has 8 heteroatoms. The maximum absolute atomic E-state index is 12.9. The van der Waals surface area contributed by atoms with Gasteiger partial charge < -0.3 is 20.1 Å². The molecule has 2 aliphatic rings. The third-order valence-corrected chi connectivity index (χ3v) is 6.89. The quantitative estimate of drug-likeness (QED) is 0.740. The molecule has 3 heterocycles. The van der Waals surface area contributed by atoms with Crippen molar-refractivity contribution < 1.29 is 14.3 Å². The first-order valence-electron chi connectivity index (χ1n) is 8.91. The predicted molar refractivity (Wildman–Crippen MR) is 110 cm³/mol. The minimum atomic E-state index is -0.316. The number of fused-ring (bicyclic) bond motifs is 3. The van der Waals surface area contributed by atoms with Crippen molar-refractivity contribution in [3.8, 4) is 11.5 Å². The molecule has 0 bridgehead atoms. The van der Waals surface area contributed by atoms with Crippen LogP contribution in [0.5, 0.6) is 11.5 Å². The molecular formula is C19H22BrN3O3S. The van der Waals surface area contributed by atoms with Crippen molar-refractivity contribution in [3.05, 3.63) is 38.2 Å². The highest BCUT2D eigenvalue weighted by Crippen LogP contribution is 2.43. The van der Waals surface area contributed by atoms with Gasteiger partial charge in [0.15, 0.2) is 11.5 Å². The number of benzene rings is 1. The number of rotatable bonds is 4. The second kappa shape index (κ2) is 7.33. The highest BCUT2D eigenvalue weighted by atomic mass is 79.9. The fraction of sp³-hybridized carbons (Fsp3) is 0.421. The Bertz CT molecular complexity index is 899. The molecule has 0 aliphatic carbocycles. The fourth-order valence-corrected chi connectivity index (χ4v) is 5.65. The molecule has 0 saturated carbocycles. The fourth-order valence-electron chi connectivity index (χ4n) is 3.71. The maximum Gasteiger partial charge on any atom is 0.256 e. The Labute approximate surface area is 171 Å². The van der Waals surface area contributed by atoms with Crippen molar-refractivity contribution in [2.75, 3.05) is 32.6 Å². The predicted octanol–water partition coefficient (Wildman–Crippen LogP) is 3.76. The molecule has 6 nitrogen and oxygen atoms in total. The highest BCUT2D eigenvalue weighted by Gasteiger charge is 2.33. The largest absolute Gasteiger partial charge is 0.493 e. The van der Waals surface area contributed by atoms with E-state index in [1.807, 2.05) is 12.1 Å². The summed E-state index contributed by atoms with van der Waals surface area (Å²) in [5.74, 6) is 1.24. The Morgan fingerprint density at radius 2 is 2.11 bits per heavy atom. The average Bonchev–Trinajstić information content (AvgIpc) is 3.04. The standard InChI is InChI=1S/C19H22BrN3O3S/c1-4-23-6-5-11-14(9-23)27-19-15(11)18(24)21-17(22-19)10-7-12(20)16(26-3)13(8-10)25-2/h7-8,17,22H,4-6,9H2,1-3H3,(H,21,24)/t17-/m1/s1. The number of nitrogens with one attached hydrogen (secondary N) is 2. The first-order chi connectivity index (χ1) is 13.0. The number of ether oxygens (including phenoxy) is 2. The van der Waals surface area contributed by atoms with Gasteiger partial charge in [-0.25, -0.2) is 0 Å². The van der Waals surface area contributed by atoms with Gasteiger partial charge >= 0.3 is 0 Å². The van der Waals surface area contributed by atoms with Crippen molar-refractivity contribution in [1.82, 2.24) is 10.2 Å². The number of carbonyl (C=O) groups is 1. The summed E-state index contributed by atoms with van der Waals surface area (Å²) in [7, 11) is 3.21. The zero-order valence-electron chi connectivity index (χ0n) is 15.5. The van der Waals surface area contributed by atoms with E-state index in [9.17, 15) is 4.79 Å². The van der Waals surface area contributed by atoms with E-state index >= 15 is 0 Å². The highest BCUT2D eigenvalue weighted by molar-refractivity contribution is 9.10. The normalized spacial score (nSPS) is 19.0. The lowest BCUT2D eigenvalue weighted by Gasteiger charge is -2.28. The van der Waals surface area contributed by atoms with Crippen LogP contribution in [0.1, 0.15) is 39.5 Å². The van der Waals surface area contributed by atoms with Crippen LogP contribution in [-0.4, -0.2) is 38.1 Å². The number of hydrogen-bond acceptors (Lipinski definition) is 6. The Kier molecular flexibility index (Phi) is 5.05. The van der Waals surface area contributed by atoms with E-state index in [0.717, 1.165) is 46.7 Å². The van der Waals surface area contributed by atoms with Gasteiger partial charge in [-0.1, -0.05) is 6.92 Å². The number of halogens is 1. The molecule has 1 atom stereocenters. The lowest BCUT2D eigenvalue weighted by molar-refractivity contribution is 0.0934. The summed E-state index contributed by atoms with van der Waals surface area (Å²) >= 11 is 5.22. The molecule has 0 spiro atoms. The number of anilines is 1. The number of hydrogen-bond donors (Lipinski definition) is 2. The first-order valence-corrected chi connectivity index (χ1v) is 10.5. The maximum atomic E-state index is 12.9. The van der Waals surface area contributed by atoms with Crippen molar-refractivity contribution in [1.29, 1.82) is 0 Å². The number of thiophene rings is 1. The molecule has 27 heavy (non-hydrogen) atoms. The summed E-state index contributed by atoms with van der Waals surface area (Å²) in [6.07, 6.45) is 0.611. The zero-order chi connectivity index (χ0) is 19.1. The van der Waals surface area contributed by atoms with Gasteiger partial charge in [-0.05, 0) is 52.2 Å². The first kappa shape index (κ1) is 18.6. The molecule has 2 aliphatic heterocycles. The minimum Gasteiger partial charge on any atom is -0.493 e. The zero-order valence-corrected chi connectivity index (χ0v) is 17.9. The monoisotopic (exact) mass is 451 g/mol. The third kappa shape index (κ3) is 3.19. The van der Waals surface area contributed by atoms with Crippen LogP contribution in [0.15, 0.2) is 16.6 Å². The lowest BCUT2D eigenvalue weighted by Crippen LogP contribution is -2.38. The molecule has 0 saturated heterocycles. The SMILES string of the molecule is CCN1CCc2c(sc3c2C(=O)N[C@@H](c2cc(Br)c(OC)c(OC)c2)N3)C1. The van der Waals surface area contributed by atoms with Crippen molar-refractivity contribution in [2.24, 2.45) is 0 Å². The number of nitrogens with zero attached hydrogens (tertiary/aromatic N) is 1. The van der Waals surface area contributed by atoms with Gasteiger partial charge in [0.2, 0.25) is 0 Å².